The first-order valence-corrected chi connectivity index (χ1v) is 2.38. The minimum absolute atomic E-state index is 0. The second-order valence-electron chi connectivity index (χ2n) is 0.958. The van der Waals surface area contributed by atoms with Crippen molar-refractivity contribution in [3.05, 3.63) is 11.6 Å². The van der Waals surface area contributed by atoms with Crippen LogP contribution in [-0.4, -0.2) is 4.37 Å². The Morgan fingerprint density at radius 1 is 1.71 bits per heavy atom. The summed E-state index contributed by atoms with van der Waals surface area (Å²) >= 11 is 1.36. The van der Waals surface area contributed by atoms with Gasteiger partial charge in [0, 0.05) is 5.38 Å². The van der Waals surface area contributed by atoms with Gasteiger partial charge in [0.15, 0.2) is 0 Å². The van der Waals surface area contributed by atoms with Crippen molar-refractivity contribution in [3.63, 3.8) is 0 Å². The lowest BCUT2D eigenvalue weighted by atomic mass is 10.6. The first-order valence-electron chi connectivity index (χ1n) is 1.54. The molecule has 0 spiro atoms. The summed E-state index contributed by atoms with van der Waals surface area (Å²) in [4.78, 5) is 0. The first kappa shape index (κ1) is 6.72. The number of hydrogen-bond donors (Lipinski definition) is 1. The highest BCUT2D eigenvalue weighted by Gasteiger charge is 1.76. The molecule has 1 heterocycles. The molecule has 0 radical (unpaired) electrons. The van der Waals surface area contributed by atoms with Gasteiger partial charge in [-0.2, -0.15) is 4.37 Å². The van der Waals surface area contributed by atoms with Gasteiger partial charge in [0.25, 0.3) is 0 Å². The van der Waals surface area contributed by atoms with Crippen LogP contribution in [0.2, 0.25) is 0 Å². The van der Waals surface area contributed by atoms with Gasteiger partial charge in [-0.15, -0.1) is 12.4 Å². The Labute approximate surface area is 51.9 Å². The summed E-state index contributed by atoms with van der Waals surface area (Å²) in [6.45, 7) is 0. The summed E-state index contributed by atoms with van der Waals surface area (Å²) in [7, 11) is 0. The molecule has 4 heteroatoms. The van der Waals surface area contributed by atoms with Gasteiger partial charge in [-0.05, 0) is 11.5 Å². The SMILES string of the molecule is Cl.Nc1cnsc1. The van der Waals surface area contributed by atoms with Crippen molar-refractivity contribution in [3.8, 4) is 0 Å². The van der Waals surface area contributed by atoms with Gasteiger partial charge in [-0.1, -0.05) is 0 Å². The fourth-order valence-corrected chi connectivity index (χ4v) is 0.639. The Morgan fingerprint density at radius 3 is 2.57 bits per heavy atom. The number of anilines is 1. The number of halogens is 1. The van der Waals surface area contributed by atoms with E-state index >= 15 is 0 Å². The number of nitrogen functional groups attached to an aromatic ring is 1. The number of aromatic nitrogens is 1. The van der Waals surface area contributed by atoms with Crippen LogP contribution in [0.5, 0.6) is 0 Å². The highest BCUT2D eigenvalue weighted by Crippen LogP contribution is 1.99. The molecule has 0 unspecified atom stereocenters. The van der Waals surface area contributed by atoms with E-state index in [4.69, 9.17) is 5.73 Å². The molecule has 2 N–H and O–H groups in total. The lowest BCUT2D eigenvalue weighted by Crippen LogP contribution is -1.75. The molecule has 1 rings (SSSR count). The molecule has 0 amide bonds. The number of hydrogen-bond acceptors (Lipinski definition) is 3. The third-order valence-corrected chi connectivity index (χ3v) is 1.06. The molecule has 7 heavy (non-hydrogen) atoms. The van der Waals surface area contributed by atoms with Gasteiger partial charge in [0.05, 0.1) is 11.9 Å². The minimum atomic E-state index is 0. The Bertz CT molecular complexity index is 116. The molecule has 0 saturated heterocycles. The van der Waals surface area contributed by atoms with Crippen molar-refractivity contribution in [1.29, 1.82) is 0 Å². The summed E-state index contributed by atoms with van der Waals surface area (Å²) in [5.74, 6) is 0. The topological polar surface area (TPSA) is 38.9 Å². The van der Waals surface area contributed by atoms with E-state index in [0.29, 0.717) is 0 Å². The quantitative estimate of drug-likeness (QED) is 0.581. The first-order chi connectivity index (χ1) is 2.89. The van der Waals surface area contributed by atoms with Gasteiger partial charge < -0.3 is 5.73 Å². The van der Waals surface area contributed by atoms with E-state index in [1.54, 1.807) is 11.6 Å². The molecule has 0 aliphatic carbocycles. The maximum Gasteiger partial charge on any atom is 0.0636 e. The van der Waals surface area contributed by atoms with Crippen LogP contribution in [0.25, 0.3) is 0 Å². The maximum absolute atomic E-state index is 5.23. The summed E-state index contributed by atoms with van der Waals surface area (Å²) in [6, 6.07) is 0. The molecule has 0 aliphatic heterocycles. The van der Waals surface area contributed by atoms with E-state index in [-0.39, 0.29) is 12.4 Å². The third-order valence-electron chi connectivity index (χ3n) is 0.451. The molecular weight excluding hydrogens is 132 g/mol. The van der Waals surface area contributed by atoms with Crippen molar-refractivity contribution < 1.29 is 0 Å². The Hall–Kier alpha value is -0.280. The molecule has 2 nitrogen and oxygen atoms in total. The van der Waals surface area contributed by atoms with Crippen LogP contribution in [0.1, 0.15) is 0 Å². The molecule has 0 bridgehead atoms. The van der Waals surface area contributed by atoms with Crippen molar-refractivity contribution in [2.45, 2.75) is 0 Å². The zero-order chi connectivity index (χ0) is 4.41. The minimum Gasteiger partial charge on any atom is -0.397 e. The zero-order valence-electron chi connectivity index (χ0n) is 3.50. The molecule has 1 aromatic heterocycles. The largest absolute Gasteiger partial charge is 0.397 e. The Balaban J connectivity index is 0.000000360. The fourth-order valence-electron chi connectivity index (χ4n) is 0.213. The second kappa shape index (κ2) is 2.82. The van der Waals surface area contributed by atoms with Gasteiger partial charge in [-0.3, -0.25) is 0 Å². The molecule has 0 aliphatic rings. The van der Waals surface area contributed by atoms with Crippen molar-refractivity contribution >= 4 is 29.6 Å². The van der Waals surface area contributed by atoms with Crippen LogP contribution in [0.4, 0.5) is 5.69 Å². The summed E-state index contributed by atoms with van der Waals surface area (Å²) < 4.78 is 3.74. The number of nitrogens with zero attached hydrogens (tertiary/aromatic N) is 1. The van der Waals surface area contributed by atoms with E-state index in [1.165, 1.54) is 11.5 Å². The predicted octanol–water partition coefficient (Wildman–Crippen LogP) is 1.15. The molecule has 0 aromatic carbocycles. The zero-order valence-corrected chi connectivity index (χ0v) is 5.13. The molecular formula is C3H5ClN2S. The molecule has 0 saturated carbocycles. The average Bonchev–Trinajstić information content (AvgIpc) is 1.86. The highest BCUT2D eigenvalue weighted by molar-refractivity contribution is 7.03. The standard InChI is InChI=1S/C3H4N2S.ClH/c4-3-1-5-6-2-3;/h1-2H,4H2;1H. The average molecular weight is 137 g/mol. The van der Waals surface area contributed by atoms with Crippen molar-refractivity contribution in [1.82, 2.24) is 4.37 Å². The second-order valence-corrected chi connectivity index (χ2v) is 1.62. The monoisotopic (exact) mass is 136 g/mol. The Morgan fingerprint density at radius 2 is 2.43 bits per heavy atom. The summed E-state index contributed by atoms with van der Waals surface area (Å²) in [5.41, 5.74) is 5.98. The van der Waals surface area contributed by atoms with Crippen LogP contribution in [0.3, 0.4) is 0 Å². The van der Waals surface area contributed by atoms with Crippen molar-refractivity contribution in [2.75, 3.05) is 5.73 Å². The molecule has 1 aromatic rings. The van der Waals surface area contributed by atoms with Gasteiger partial charge >= 0.3 is 0 Å². The lowest BCUT2D eigenvalue weighted by Gasteiger charge is -1.66. The molecule has 40 valence electrons. The van der Waals surface area contributed by atoms with Crippen LogP contribution in [-0.2, 0) is 0 Å². The van der Waals surface area contributed by atoms with Crippen LogP contribution < -0.4 is 5.73 Å². The molecule has 0 fully saturated rings. The van der Waals surface area contributed by atoms with Gasteiger partial charge in [-0.25, -0.2) is 0 Å². The predicted molar refractivity (Wildman–Crippen MR) is 33.8 cm³/mol. The van der Waals surface area contributed by atoms with E-state index < -0.39 is 0 Å². The fraction of sp³-hybridized carbons (Fsp3) is 0. The van der Waals surface area contributed by atoms with Crippen LogP contribution in [0, 0.1) is 0 Å². The van der Waals surface area contributed by atoms with Gasteiger partial charge in [0.1, 0.15) is 0 Å². The Kier molecular flexibility index (Phi) is 2.71. The van der Waals surface area contributed by atoms with E-state index in [0.717, 1.165) is 5.69 Å². The van der Waals surface area contributed by atoms with Gasteiger partial charge in [0.2, 0.25) is 0 Å². The summed E-state index contributed by atoms with van der Waals surface area (Å²) in [5, 5.41) is 1.79. The summed E-state index contributed by atoms with van der Waals surface area (Å²) in [6.07, 6.45) is 1.63. The third kappa shape index (κ3) is 1.75. The normalized spacial score (nSPS) is 7.43. The maximum atomic E-state index is 5.23. The molecule has 0 atom stereocenters. The van der Waals surface area contributed by atoms with E-state index in [2.05, 4.69) is 4.37 Å². The van der Waals surface area contributed by atoms with Crippen LogP contribution >= 0.6 is 23.9 Å². The number of nitrogens with two attached hydrogens (primary N) is 1. The number of rotatable bonds is 0. The lowest BCUT2D eigenvalue weighted by molar-refractivity contribution is 1.58. The van der Waals surface area contributed by atoms with Crippen molar-refractivity contribution in [2.24, 2.45) is 0 Å². The van der Waals surface area contributed by atoms with E-state index in [1.807, 2.05) is 0 Å². The van der Waals surface area contributed by atoms with Crippen LogP contribution in [0.15, 0.2) is 11.6 Å². The van der Waals surface area contributed by atoms with E-state index in [9.17, 15) is 0 Å². The smallest absolute Gasteiger partial charge is 0.0636 e. The highest BCUT2D eigenvalue weighted by atomic mass is 35.5.